The summed E-state index contributed by atoms with van der Waals surface area (Å²) in [5.41, 5.74) is 1.55. The third kappa shape index (κ3) is 5.44. The third-order valence-corrected chi connectivity index (χ3v) is 7.99. The number of nitrogens with zero attached hydrogens (tertiary/aromatic N) is 4. The second-order valence-electron chi connectivity index (χ2n) is 9.66. The van der Waals surface area contributed by atoms with E-state index in [2.05, 4.69) is 16.8 Å². The molecule has 2 aliphatic heterocycles. The number of carbonyl (C=O) groups excluding carboxylic acids is 1. The molecule has 0 N–H and O–H groups in total. The molecule has 0 saturated carbocycles. The van der Waals surface area contributed by atoms with E-state index in [0.717, 1.165) is 44.0 Å². The first-order chi connectivity index (χ1) is 18.9. The van der Waals surface area contributed by atoms with Crippen molar-refractivity contribution in [1.29, 1.82) is 0 Å². The van der Waals surface area contributed by atoms with Gasteiger partial charge in [0.25, 0.3) is 5.56 Å². The number of aromatic nitrogens is 1. The Balaban J connectivity index is 1.63. The molecule has 39 heavy (non-hydrogen) atoms. The number of piperazine rings is 1. The zero-order chi connectivity index (χ0) is 27.5. The highest BCUT2D eigenvalue weighted by molar-refractivity contribution is 7.07. The van der Waals surface area contributed by atoms with Gasteiger partial charge in [-0.2, -0.15) is 0 Å². The number of hydrogen-bond donors (Lipinski definition) is 0. The van der Waals surface area contributed by atoms with Crippen LogP contribution in [0.2, 0.25) is 0 Å². The van der Waals surface area contributed by atoms with E-state index >= 15 is 0 Å². The first kappa shape index (κ1) is 27.0. The van der Waals surface area contributed by atoms with Gasteiger partial charge in [0.15, 0.2) is 10.7 Å². The molecular weight excluding hydrogens is 516 g/mol. The van der Waals surface area contributed by atoms with Crippen LogP contribution >= 0.6 is 11.3 Å². The number of carbonyl (C=O) groups is 1. The van der Waals surface area contributed by atoms with Gasteiger partial charge < -0.3 is 23.7 Å². The van der Waals surface area contributed by atoms with Crippen LogP contribution in [0.1, 0.15) is 44.1 Å². The molecule has 1 fully saturated rings. The molecular formula is C29H34N4O5S. The number of benzene rings is 1. The Kier molecular flexibility index (Phi) is 8.04. The molecule has 0 bridgehead atoms. The zero-order valence-electron chi connectivity index (χ0n) is 22.8. The molecule has 0 spiro atoms. The van der Waals surface area contributed by atoms with Crippen LogP contribution in [0.15, 0.2) is 61.9 Å². The van der Waals surface area contributed by atoms with Gasteiger partial charge in [0, 0.05) is 38.3 Å². The minimum Gasteiger partial charge on any atom is -0.497 e. The standard InChI is InChI=1S/C29H34N4O5S/c1-5-8-22-25(28(35)37-6-2)26(19-9-7-10-20(17-19)36-4)33-27(34)23(39-29(33)30-22)18-21-11-12-24(38-21)32-15-13-31(3)14-16-32/h7,9-12,17-18,26H,5-6,8,13-16H2,1-4H3/b23-18-/t26-/m1/s1. The Bertz CT molecular complexity index is 1560. The van der Waals surface area contributed by atoms with E-state index in [0.29, 0.717) is 38.5 Å². The van der Waals surface area contributed by atoms with Gasteiger partial charge in [-0.1, -0.05) is 36.8 Å². The molecule has 0 unspecified atom stereocenters. The van der Waals surface area contributed by atoms with Crippen molar-refractivity contribution in [2.45, 2.75) is 32.7 Å². The van der Waals surface area contributed by atoms with Gasteiger partial charge in [-0.05, 0) is 44.2 Å². The molecule has 2 aromatic heterocycles. The van der Waals surface area contributed by atoms with Gasteiger partial charge in [0.2, 0.25) is 0 Å². The summed E-state index contributed by atoms with van der Waals surface area (Å²) < 4.78 is 19.1. The lowest BCUT2D eigenvalue weighted by Gasteiger charge is -2.32. The fourth-order valence-electron chi connectivity index (χ4n) is 4.99. The Hall–Kier alpha value is -3.63. The quantitative estimate of drug-likeness (QED) is 0.399. The molecule has 0 radical (unpaired) electrons. The van der Waals surface area contributed by atoms with Crippen LogP contribution in [-0.2, 0) is 9.53 Å². The Morgan fingerprint density at radius 2 is 1.97 bits per heavy atom. The van der Waals surface area contributed by atoms with Crippen molar-refractivity contribution in [1.82, 2.24) is 9.47 Å². The van der Waals surface area contributed by atoms with Gasteiger partial charge in [-0.25, -0.2) is 9.79 Å². The largest absolute Gasteiger partial charge is 0.497 e. The highest BCUT2D eigenvalue weighted by Gasteiger charge is 2.34. The monoisotopic (exact) mass is 550 g/mol. The van der Waals surface area contributed by atoms with Gasteiger partial charge >= 0.3 is 5.97 Å². The van der Waals surface area contributed by atoms with Crippen LogP contribution in [0.3, 0.4) is 0 Å². The molecule has 5 rings (SSSR count). The average molecular weight is 551 g/mol. The number of allylic oxidation sites excluding steroid dienone is 1. The van der Waals surface area contributed by atoms with E-state index in [9.17, 15) is 9.59 Å². The number of likely N-dealkylation sites (N-methyl/N-ethyl adjacent to an activating group) is 1. The molecule has 3 aromatic rings. The van der Waals surface area contributed by atoms with Crippen molar-refractivity contribution in [2.75, 3.05) is 51.8 Å². The first-order valence-corrected chi connectivity index (χ1v) is 14.1. The van der Waals surface area contributed by atoms with Gasteiger partial charge in [-0.3, -0.25) is 9.36 Å². The van der Waals surface area contributed by atoms with Gasteiger partial charge in [0.05, 0.1) is 35.6 Å². The van der Waals surface area contributed by atoms with Crippen molar-refractivity contribution in [3.05, 3.63) is 78.7 Å². The summed E-state index contributed by atoms with van der Waals surface area (Å²) in [7, 11) is 3.71. The molecule has 9 nitrogen and oxygen atoms in total. The number of anilines is 1. The van der Waals surface area contributed by atoms with Crippen molar-refractivity contribution < 1.29 is 18.7 Å². The molecule has 4 heterocycles. The topological polar surface area (TPSA) is 89.5 Å². The lowest BCUT2D eigenvalue weighted by atomic mass is 9.94. The molecule has 1 atom stereocenters. The normalized spacial score (nSPS) is 18.2. The van der Waals surface area contributed by atoms with E-state index in [1.54, 1.807) is 24.7 Å². The number of hydrogen-bond acceptors (Lipinski definition) is 9. The van der Waals surface area contributed by atoms with Crippen molar-refractivity contribution >= 4 is 29.3 Å². The fraction of sp³-hybridized carbons (Fsp3) is 0.414. The number of ether oxygens (including phenoxy) is 2. The van der Waals surface area contributed by atoms with Crippen molar-refractivity contribution in [3.63, 3.8) is 0 Å². The van der Waals surface area contributed by atoms with E-state index in [1.165, 1.54) is 11.3 Å². The molecule has 206 valence electrons. The maximum absolute atomic E-state index is 13.9. The van der Waals surface area contributed by atoms with Crippen LogP contribution in [0, 0.1) is 0 Å². The maximum atomic E-state index is 13.9. The summed E-state index contributed by atoms with van der Waals surface area (Å²) in [4.78, 5) is 37.1. The molecule has 1 saturated heterocycles. The number of furan rings is 1. The highest BCUT2D eigenvalue weighted by Crippen LogP contribution is 2.34. The molecule has 10 heteroatoms. The number of thiazole rings is 1. The minimum absolute atomic E-state index is 0.227. The Morgan fingerprint density at radius 3 is 2.69 bits per heavy atom. The predicted octanol–water partition coefficient (Wildman–Crippen LogP) is 2.93. The van der Waals surface area contributed by atoms with E-state index < -0.39 is 12.0 Å². The zero-order valence-corrected chi connectivity index (χ0v) is 23.6. The smallest absolute Gasteiger partial charge is 0.338 e. The van der Waals surface area contributed by atoms with Crippen molar-refractivity contribution in [2.24, 2.45) is 4.99 Å². The molecule has 0 aliphatic carbocycles. The molecule has 0 amide bonds. The second-order valence-corrected chi connectivity index (χ2v) is 10.7. The second kappa shape index (κ2) is 11.6. The van der Waals surface area contributed by atoms with Crippen LogP contribution in [0.5, 0.6) is 5.75 Å². The number of esters is 1. The van der Waals surface area contributed by atoms with Crippen LogP contribution < -0.4 is 24.5 Å². The summed E-state index contributed by atoms with van der Waals surface area (Å²) in [5, 5.41) is 0. The minimum atomic E-state index is -0.684. The maximum Gasteiger partial charge on any atom is 0.338 e. The van der Waals surface area contributed by atoms with Crippen LogP contribution in [0.25, 0.3) is 6.08 Å². The summed E-state index contributed by atoms with van der Waals surface area (Å²) in [6.07, 6.45) is 3.15. The average Bonchev–Trinajstić information content (AvgIpc) is 3.53. The Labute approximate surface area is 231 Å². The van der Waals surface area contributed by atoms with E-state index in [-0.39, 0.29) is 12.2 Å². The fourth-order valence-corrected chi connectivity index (χ4v) is 5.99. The lowest BCUT2D eigenvalue weighted by molar-refractivity contribution is -0.139. The van der Waals surface area contributed by atoms with Gasteiger partial charge in [-0.15, -0.1) is 0 Å². The van der Waals surface area contributed by atoms with Crippen molar-refractivity contribution in [3.8, 4) is 5.75 Å². The molecule has 2 aliphatic rings. The summed E-state index contributed by atoms with van der Waals surface area (Å²) >= 11 is 1.30. The van der Waals surface area contributed by atoms with E-state index in [4.69, 9.17) is 18.9 Å². The predicted molar refractivity (Wildman–Crippen MR) is 151 cm³/mol. The Morgan fingerprint density at radius 1 is 1.18 bits per heavy atom. The number of methoxy groups -OCH3 is 1. The summed E-state index contributed by atoms with van der Waals surface area (Å²) in [6, 6.07) is 10.6. The third-order valence-electron chi connectivity index (χ3n) is 7.00. The molecule has 1 aromatic carbocycles. The highest BCUT2D eigenvalue weighted by atomic mass is 32.1. The summed E-state index contributed by atoms with van der Waals surface area (Å²) in [6.45, 7) is 7.77. The van der Waals surface area contributed by atoms with Gasteiger partial charge in [0.1, 0.15) is 11.5 Å². The number of rotatable bonds is 8. The number of fused-ring (bicyclic) bond motifs is 1. The van der Waals surface area contributed by atoms with E-state index in [1.807, 2.05) is 43.3 Å². The SMILES string of the molecule is CCCC1=C(C(=O)OCC)[C@@H](c2cccc(OC)c2)n2c(s/c(=C\c3ccc(N4CCN(C)CC4)o3)c2=O)=N1. The van der Waals surface area contributed by atoms with Crippen LogP contribution in [-0.4, -0.2) is 62.4 Å². The summed E-state index contributed by atoms with van der Waals surface area (Å²) in [5.74, 6) is 1.57. The van der Waals surface area contributed by atoms with Crippen LogP contribution in [0.4, 0.5) is 5.88 Å². The lowest BCUT2D eigenvalue weighted by Crippen LogP contribution is -2.44. The first-order valence-electron chi connectivity index (χ1n) is 13.3.